The first kappa shape index (κ1) is 12.2. The van der Waals surface area contributed by atoms with Crippen LogP contribution in [0.15, 0.2) is 30.6 Å². The van der Waals surface area contributed by atoms with Crippen molar-refractivity contribution < 1.29 is 9.53 Å². The zero-order chi connectivity index (χ0) is 13.6. The first-order chi connectivity index (χ1) is 9.08. The van der Waals surface area contributed by atoms with Gasteiger partial charge < -0.3 is 9.30 Å². The van der Waals surface area contributed by atoms with Gasteiger partial charge >= 0.3 is 0 Å². The molecule has 19 heavy (non-hydrogen) atoms. The molecule has 0 radical (unpaired) electrons. The second kappa shape index (κ2) is 4.38. The fourth-order valence-corrected chi connectivity index (χ4v) is 2.62. The number of fused-ring (bicyclic) bond motifs is 1. The molecule has 0 spiro atoms. The second-order valence-electron chi connectivity index (χ2n) is 4.70. The maximum Gasteiger partial charge on any atom is 0.180 e. The number of hydrogen-bond acceptors (Lipinski definition) is 3. The first-order valence-corrected chi connectivity index (χ1v) is 6.43. The molecule has 0 amide bonds. The van der Waals surface area contributed by atoms with E-state index in [0.29, 0.717) is 22.2 Å². The van der Waals surface area contributed by atoms with E-state index in [0.717, 1.165) is 0 Å². The molecular weight excluding hydrogens is 264 g/mol. The van der Waals surface area contributed by atoms with Crippen LogP contribution in [0, 0.1) is 0 Å². The second-order valence-corrected chi connectivity index (χ2v) is 5.14. The number of rotatable bonds is 1. The normalized spacial score (nSPS) is 21.9. The Morgan fingerprint density at radius 2 is 2.21 bits per heavy atom. The molecule has 98 valence electrons. The maximum atomic E-state index is 12.6. The Labute approximate surface area is 116 Å². The molecule has 0 aliphatic carbocycles. The van der Waals surface area contributed by atoms with Crippen LogP contribution in [0.5, 0.6) is 5.75 Å². The summed E-state index contributed by atoms with van der Waals surface area (Å²) in [5.41, 5.74) is 0.526. The van der Waals surface area contributed by atoms with Gasteiger partial charge in [0.05, 0.1) is 5.56 Å². The van der Waals surface area contributed by atoms with Gasteiger partial charge in [0.1, 0.15) is 23.6 Å². The number of halogens is 1. The van der Waals surface area contributed by atoms with E-state index in [1.807, 2.05) is 24.7 Å². The number of carbonyl (C=O) groups excluding carboxylic acids is 1. The molecule has 0 bridgehead atoms. The van der Waals surface area contributed by atoms with Crippen molar-refractivity contribution in [3.05, 3.63) is 47.0 Å². The summed E-state index contributed by atoms with van der Waals surface area (Å²) in [6.45, 7) is 1.88. The van der Waals surface area contributed by atoms with Gasteiger partial charge in [-0.25, -0.2) is 4.98 Å². The van der Waals surface area contributed by atoms with Gasteiger partial charge in [-0.2, -0.15) is 0 Å². The molecule has 0 fully saturated rings. The summed E-state index contributed by atoms with van der Waals surface area (Å²) in [4.78, 5) is 16.9. The third kappa shape index (κ3) is 1.92. The predicted molar refractivity (Wildman–Crippen MR) is 71.8 cm³/mol. The molecule has 2 atom stereocenters. The van der Waals surface area contributed by atoms with Crippen molar-refractivity contribution in [3.8, 4) is 5.75 Å². The van der Waals surface area contributed by atoms with E-state index < -0.39 is 5.92 Å². The highest BCUT2D eigenvalue weighted by atomic mass is 35.5. The van der Waals surface area contributed by atoms with Crippen molar-refractivity contribution in [2.75, 3.05) is 0 Å². The van der Waals surface area contributed by atoms with Crippen LogP contribution >= 0.6 is 11.6 Å². The number of carbonyl (C=O) groups is 1. The minimum absolute atomic E-state index is 0.00514. The SMILES string of the molecule is CC1Oc2ccc(Cl)cc2C(=O)C1c1nccn1C. The summed E-state index contributed by atoms with van der Waals surface area (Å²) in [5.74, 6) is 0.909. The molecule has 4 nitrogen and oxygen atoms in total. The lowest BCUT2D eigenvalue weighted by Crippen LogP contribution is -2.35. The van der Waals surface area contributed by atoms with E-state index in [4.69, 9.17) is 16.3 Å². The van der Waals surface area contributed by atoms with Gasteiger partial charge in [0.2, 0.25) is 0 Å². The Bertz CT molecular complexity index is 651. The number of hydrogen-bond donors (Lipinski definition) is 0. The Kier molecular flexibility index (Phi) is 2.82. The highest BCUT2D eigenvalue weighted by molar-refractivity contribution is 6.31. The Balaban J connectivity index is 2.10. The monoisotopic (exact) mass is 276 g/mol. The third-order valence-corrected chi connectivity index (χ3v) is 3.64. The number of ether oxygens (including phenoxy) is 1. The van der Waals surface area contributed by atoms with Crippen LogP contribution in [0.2, 0.25) is 5.02 Å². The summed E-state index contributed by atoms with van der Waals surface area (Å²) in [5, 5.41) is 0.531. The van der Waals surface area contributed by atoms with Crippen LogP contribution in [0.1, 0.15) is 29.0 Å². The molecule has 0 N–H and O–H groups in total. The molecule has 0 saturated carbocycles. The largest absolute Gasteiger partial charge is 0.489 e. The Morgan fingerprint density at radius 1 is 1.42 bits per heavy atom. The third-order valence-electron chi connectivity index (χ3n) is 3.41. The van der Waals surface area contributed by atoms with Gasteiger partial charge in [-0.1, -0.05) is 11.6 Å². The van der Waals surface area contributed by atoms with E-state index in [1.165, 1.54) is 0 Å². The molecule has 3 rings (SSSR count). The quantitative estimate of drug-likeness (QED) is 0.804. The van der Waals surface area contributed by atoms with Crippen molar-refractivity contribution in [3.63, 3.8) is 0 Å². The lowest BCUT2D eigenvalue weighted by atomic mass is 9.89. The van der Waals surface area contributed by atoms with Crippen LogP contribution in [-0.2, 0) is 7.05 Å². The van der Waals surface area contributed by atoms with Crippen LogP contribution in [0.25, 0.3) is 0 Å². The number of benzene rings is 1. The van der Waals surface area contributed by atoms with E-state index in [1.54, 1.807) is 24.4 Å². The van der Waals surface area contributed by atoms with Crippen LogP contribution in [0.4, 0.5) is 0 Å². The lowest BCUT2D eigenvalue weighted by molar-refractivity contribution is 0.0798. The number of Topliss-reactive ketones (excluding diaryl/α,β-unsaturated/α-hetero) is 1. The molecule has 5 heteroatoms. The number of ketones is 1. The minimum Gasteiger partial charge on any atom is -0.489 e. The average Bonchev–Trinajstić information content (AvgIpc) is 2.77. The molecule has 2 unspecified atom stereocenters. The van der Waals surface area contributed by atoms with Crippen molar-refractivity contribution in [1.82, 2.24) is 9.55 Å². The highest BCUT2D eigenvalue weighted by Gasteiger charge is 2.38. The van der Waals surface area contributed by atoms with Gasteiger partial charge in [0, 0.05) is 24.5 Å². The number of imidazole rings is 1. The summed E-state index contributed by atoms with van der Waals surface area (Å²) < 4.78 is 7.66. The molecular formula is C14H13ClN2O2. The van der Waals surface area contributed by atoms with E-state index in [2.05, 4.69) is 4.98 Å². The Hall–Kier alpha value is -1.81. The summed E-state index contributed by atoms with van der Waals surface area (Å²) in [6.07, 6.45) is 3.26. The fourth-order valence-electron chi connectivity index (χ4n) is 2.45. The molecule has 2 aromatic rings. The number of aryl methyl sites for hydroxylation is 1. The van der Waals surface area contributed by atoms with Crippen molar-refractivity contribution in [2.24, 2.45) is 7.05 Å². The molecule has 0 saturated heterocycles. The minimum atomic E-state index is -0.397. The lowest BCUT2D eigenvalue weighted by Gasteiger charge is -2.29. The van der Waals surface area contributed by atoms with Gasteiger partial charge in [0.25, 0.3) is 0 Å². The van der Waals surface area contributed by atoms with E-state index in [-0.39, 0.29) is 11.9 Å². The maximum absolute atomic E-state index is 12.6. The Morgan fingerprint density at radius 3 is 2.89 bits per heavy atom. The predicted octanol–water partition coefficient (Wildman–Crippen LogP) is 2.82. The standard InChI is InChI=1S/C14H13ClN2O2/c1-8-12(14-16-5-6-17(14)2)13(18)10-7-9(15)3-4-11(10)19-8/h3-8,12H,1-2H3. The number of aromatic nitrogens is 2. The fraction of sp³-hybridized carbons (Fsp3) is 0.286. The van der Waals surface area contributed by atoms with Crippen molar-refractivity contribution >= 4 is 17.4 Å². The van der Waals surface area contributed by atoms with Crippen LogP contribution in [-0.4, -0.2) is 21.4 Å². The topological polar surface area (TPSA) is 44.1 Å². The van der Waals surface area contributed by atoms with E-state index in [9.17, 15) is 4.79 Å². The molecule has 1 aliphatic heterocycles. The summed E-state index contributed by atoms with van der Waals surface area (Å²) in [7, 11) is 1.87. The molecule has 1 aromatic heterocycles. The van der Waals surface area contributed by atoms with Crippen LogP contribution in [0.3, 0.4) is 0 Å². The first-order valence-electron chi connectivity index (χ1n) is 6.05. The molecule has 2 heterocycles. The zero-order valence-electron chi connectivity index (χ0n) is 10.6. The van der Waals surface area contributed by atoms with Gasteiger partial charge in [-0.05, 0) is 25.1 Å². The van der Waals surface area contributed by atoms with Crippen LogP contribution < -0.4 is 4.74 Å². The summed E-state index contributed by atoms with van der Waals surface area (Å²) >= 11 is 5.95. The van der Waals surface area contributed by atoms with Gasteiger partial charge in [-0.15, -0.1) is 0 Å². The highest BCUT2D eigenvalue weighted by Crippen LogP contribution is 2.36. The van der Waals surface area contributed by atoms with E-state index >= 15 is 0 Å². The van der Waals surface area contributed by atoms with Gasteiger partial charge in [0.15, 0.2) is 5.78 Å². The van der Waals surface area contributed by atoms with Crippen molar-refractivity contribution in [2.45, 2.75) is 18.9 Å². The zero-order valence-corrected chi connectivity index (χ0v) is 11.4. The number of nitrogens with zero attached hydrogens (tertiary/aromatic N) is 2. The van der Waals surface area contributed by atoms with Gasteiger partial charge in [-0.3, -0.25) is 4.79 Å². The van der Waals surface area contributed by atoms with Crippen molar-refractivity contribution in [1.29, 1.82) is 0 Å². The molecule has 1 aliphatic rings. The molecule has 1 aromatic carbocycles. The summed E-state index contributed by atoms with van der Waals surface area (Å²) in [6, 6.07) is 5.11. The smallest absolute Gasteiger partial charge is 0.180 e. The average molecular weight is 277 g/mol.